The van der Waals surface area contributed by atoms with Crippen molar-refractivity contribution in [1.29, 1.82) is 0 Å². The molecule has 1 aromatic rings. The topological polar surface area (TPSA) is 63.7 Å². The van der Waals surface area contributed by atoms with Crippen LogP contribution in [0.25, 0.3) is 0 Å². The summed E-state index contributed by atoms with van der Waals surface area (Å²) in [6.07, 6.45) is 4.37. The SMILES string of the molecule is CCCCOC(=O)c1ccc(N2C(=O)[C@H]3C[C@@H](C)CC[C@H]3C2=O)cc1. The van der Waals surface area contributed by atoms with Crippen molar-refractivity contribution in [2.45, 2.75) is 46.0 Å². The van der Waals surface area contributed by atoms with Crippen molar-refractivity contribution in [3.05, 3.63) is 29.8 Å². The summed E-state index contributed by atoms with van der Waals surface area (Å²) < 4.78 is 5.18. The molecule has 1 saturated carbocycles. The summed E-state index contributed by atoms with van der Waals surface area (Å²) in [7, 11) is 0. The Kier molecular flexibility index (Phi) is 5.21. The van der Waals surface area contributed by atoms with E-state index >= 15 is 0 Å². The first-order valence-corrected chi connectivity index (χ1v) is 9.18. The standard InChI is InChI=1S/C20H25NO4/c1-3-4-11-25-20(24)14-6-8-15(9-7-14)21-18(22)16-10-5-13(2)12-17(16)19(21)23/h6-9,13,16-17H,3-5,10-12H2,1-2H3/t13-,16+,17-/m0/s1. The van der Waals surface area contributed by atoms with E-state index in [2.05, 4.69) is 6.92 Å². The van der Waals surface area contributed by atoms with Crippen LogP contribution in [0.4, 0.5) is 5.69 Å². The van der Waals surface area contributed by atoms with Gasteiger partial charge in [0.05, 0.1) is 29.7 Å². The molecule has 0 aromatic heterocycles. The van der Waals surface area contributed by atoms with Gasteiger partial charge >= 0.3 is 5.97 Å². The normalized spacial score (nSPS) is 25.8. The van der Waals surface area contributed by atoms with E-state index in [9.17, 15) is 14.4 Å². The van der Waals surface area contributed by atoms with Gasteiger partial charge in [0.25, 0.3) is 0 Å². The Morgan fingerprint density at radius 1 is 1.12 bits per heavy atom. The maximum atomic E-state index is 12.7. The van der Waals surface area contributed by atoms with Crippen molar-refractivity contribution in [3.63, 3.8) is 0 Å². The lowest BCUT2D eigenvalue weighted by molar-refractivity contribution is -0.122. The van der Waals surface area contributed by atoms with Gasteiger partial charge in [0.1, 0.15) is 0 Å². The third-order valence-electron chi connectivity index (χ3n) is 5.28. The summed E-state index contributed by atoms with van der Waals surface area (Å²) >= 11 is 0. The van der Waals surface area contributed by atoms with Crippen LogP contribution in [0.2, 0.25) is 0 Å². The van der Waals surface area contributed by atoms with Gasteiger partial charge in [-0.3, -0.25) is 14.5 Å². The fourth-order valence-electron chi connectivity index (χ4n) is 3.78. The third kappa shape index (κ3) is 3.46. The highest BCUT2D eigenvalue weighted by molar-refractivity contribution is 6.22. The Morgan fingerprint density at radius 2 is 1.80 bits per heavy atom. The number of unbranched alkanes of at least 4 members (excludes halogenated alkanes) is 1. The molecule has 3 atom stereocenters. The number of ether oxygens (including phenoxy) is 1. The predicted octanol–water partition coefficient (Wildman–Crippen LogP) is 3.57. The molecule has 1 aliphatic heterocycles. The van der Waals surface area contributed by atoms with E-state index in [1.54, 1.807) is 24.3 Å². The number of carbonyl (C=O) groups is 3. The predicted molar refractivity (Wildman–Crippen MR) is 94.1 cm³/mol. The molecule has 134 valence electrons. The molecule has 2 aliphatic rings. The zero-order valence-electron chi connectivity index (χ0n) is 14.9. The van der Waals surface area contributed by atoms with Gasteiger partial charge in [0, 0.05) is 0 Å². The number of hydrogen-bond donors (Lipinski definition) is 0. The molecule has 5 nitrogen and oxygen atoms in total. The monoisotopic (exact) mass is 343 g/mol. The Hall–Kier alpha value is -2.17. The van der Waals surface area contributed by atoms with Crippen LogP contribution in [0.3, 0.4) is 0 Å². The fourth-order valence-corrected chi connectivity index (χ4v) is 3.78. The molecule has 0 bridgehead atoms. The van der Waals surface area contributed by atoms with Crippen LogP contribution in [0.15, 0.2) is 24.3 Å². The minimum Gasteiger partial charge on any atom is -0.462 e. The van der Waals surface area contributed by atoms with Crippen LogP contribution in [0.5, 0.6) is 0 Å². The number of fused-ring (bicyclic) bond motifs is 1. The number of anilines is 1. The molecular weight excluding hydrogens is 318 g/mol. The zero-order valence-corrected chi connectivity index (χ0v) is 14.9. The first kappa shape index (κ1) is 17.6. The molecule has 5 heteroatoms. The van der Waals surface area contributed by atoms with Crippen LogP contribution in [0.1, 0.15) is 56.3 Å². The minimum absolute atomic E-state index is 0.0971. The van der Waals surface area contributed by atoms with Crippen LogP contribution in [0, 0.1) is 17.8 Å². The van der Waals surface area contributed by atoms with Gasteiger partial charge in [-0.1, -0.05) is 20.3 Å². The Balaban J connectivity index is 1.73. The summed E-state index contributed by atoms with van der Waals surface area (Å²) in [4.78, 5) is 38.6. The molecule has 25 heavy (non-hydrogen) atoms. The molecule has 0 spiro atoms. The molecule has 1 saturated heterocycles. The second kappa shape index (κ2) is 7.38. The van der Waals surface area contributed by atoms with Gasteiger partial charge in [-0.15, -0.1) is 0 Å². The minimum atomic E-state index is -0.374. The lowest BCUT2D eigenvalue weighted by Crippen LogP contribution is -2.30. The number of imide groups is 1. The molecule has 0 radical (unpaired) electrons. The first-order chi connectivity index (χ1) is 12.0. The highest BCUT2D eigenvalue weighted by Crippen LogP contribution is 2.42. The summed E-state index contributed by atoms with van der Waals surface area (Å²) in [5, 5.41) is 0. The Morgan fingerprint density at radius 3 is 2.48 bits per heavy atom. The maximum Gasteiger partial charge on any atom is 0.338 e. The van der Waals surface area contributed by atoms with Gasteiger partial charge in [-0.05, 0) is 55.9 Å². The number of hydrogen-bond acceptors (Lipinski definition) is 4. The van der Waals surface area contributed by atoms with E-state index in [4.69, 9.17) is 4.74 Å². The van der Waals surface area contributed by atoms with E-state index < -0.39 is 0 Å². The van der Waals surface area contributed by atoms with Crippen LogP contribution in [-0.4, -0.2) is 24.4 Å². The maximum absolute atomic E-state index is 12.7. The van der Waals surface area contributed by atoms with Crippen LogP contribution < -0.4 is 4.90 Å². The summed E-state index contributed by atoms with van der Waals surface area (Å²) in [5.74, 6) is -0.447. The molecule has 3 rings (SSSR count). The first-order valence-electron chi connectivity index (χ1n) is 9.18. The number of nitrogens with zero attached hydrogens (tertiary/aromatic N) is 1. The third-order valence-corrected chi connectivity index (χ3v) is 5.28. The van der Waals surface area contributed by atoms with Crippen molar-refractivity contribution in [2.24, 2.45) is 17.8 Å². The van der Waals surface area contributed by atoms with E-state index in [0.717, 1.165) is 32.1 Å². The zero-order chi connectivity index (χ0) is 18.0. The molecule has 2 amide bonds. The van der Waals surface area contributed by atoms with Gasteiger partial charge < -0.3 is 4.74 Å². The number of carbonyl (C=O) groups excluding carboxylic acids is 3. The van der Waals surface area contributed by atoms with Crippen molar-refractivity contribution >= 4 is 23.5 Å². The average molecular weight is 343 g/mol. The smallest absolute Gasteiger partial charge is 0.338 e. The summed E-state index contributed by atoms with van der Waals surface area (Å²) in [5.41, 5.74) is 0.979. The van der Waals surface area contributed by atoms with Crippen molar-refractivity contribution in [3.8, 4) is 0 Å². The molecular formula is C20H25NO4. The molecule has 1 heterocycles. The highest BCUT2D eigenvalue weighted by Gasteiger charge is 2.49. The van der Waals surface area contributed by atoms with Crippen molar-refractivity contribution in [2.75, 3.05) is 11.5 Å². The molecule has 2 fully saturated rings. The fraction of sp³-hybridized carbons (Fsp3) is 0.550. The van der Waals surface area contributed by atoms with Crippen LogP contribution in [-0.2, 0) is 14.3 Å². The largest absolute Gasteiger partial charge is 0.462 e. The lowest BCUT2D eigenvalue weighted by Gasteiger charge is -2.25. The van der Waals surface area contributed by atoms with Gasteiger partial charge in [-0.2, -0.15) is 0 Å². The van der Waals surface area contributed by atoms with Crippen LogP contribution >= 0.6 is 0 Å². The van der Waals surface area contributed by atoms with Crippen molar-refractivity contribution in [1.82, 2.24) is 0 Å². The molecule has 0 unspecified atom stereocenters. The lowest BCUT2D eigenvalue weighted by atomic mass is 9.76. The quantitative estimate of drug-likeness (QED) is 0.466. The number of benzene rings is 1. The molecule has 1 aromatic carbocycles. The molecule has 0 N–H and O–H groups in total. The Labute approximate surface area is 148 Å². The van der Waals surface area contributed by atoms with Gasteiger partial charge in [0.15, 0.2) is 0 Å². The average Bonchev–Trinajstić information content (AvgIpc) is 2.85. The second-order valence-electron chi connectivity index (χ2n) is 7.18. The van der Waals surface area contributed by atoms with Crippen molar-refractivity contribution < 1.29 is 19.1 Å². The summed E-state index contributed by atoms with van der Waals surface area (Å²) in [6.45, 7) is 4.57. The number of esters is 1. The van der Waals surface area contributed by atoms with E-state index in [0.29, 0.717) is 23.8 Å². The van der Waals surface area contributed by atoms with E-state index in [1.165, 1.54) is 4.90 Å². The van der Waals surface area contributed by atoms with Gasteiger partial charge in [-0.25, -0.2) is 4.79 Å². The molecule has 1 aliphatic carbocycles. The second-order valence-corrected chi connectivity index (χ2v) is 7.18. The van der Waals surface area contributed by atoms with E-state index in [1.807, 2.05) is 6.92 Å². The number of amides is 2. The highest BCUT2D eigenvalue weighted by atomic mass is 16.5. The van der Waals surface area contributed by atoms with Gasteiger partial charge in [0.2, 0.25) is 11.8 Å². The summed E-state index contributed by atoms with van der Waals surface area (Å²) in [6, 6.07) is 6.56. The number of rotatable bonds is 5. The van der Waals surface area contributed by atoms with E-state index in [-0.39, 0.29) is 29.6 Å². The Bertz CT molecular complexity index is 667.